The fourth-order valence-corrected chi connectivity index (χ4v) is 2.75. The number of carbonyl (C=O) groups excluding carboxylic acids is 1. The zero-order valence-electron chi connectivity index (χ0n) is 11.2. The van der Waals surface area contributed by atoms with Crippen molar-refractivity contribution >= 4 is 46.7 Å². The summed E-state index contributed by atoms with van der Waals surface area (Å²) in [4.78, 5) is 29.4. The lowest BCUT2D eigenvalue weighted by Gasteiger charge is -2.07. The first-order valence-electron chi connectivity index (χ1n) is 6.14. The Morgan fingerprint density at radius 3 is 2.82 bits per heavy atom. The Morgan fingerprint density at radius 1 is 1.36 bits per heavy atom. The van der Waals surface area contributed by atoms with Gasteiger partial charge in [-0.3, -0.25) is 9.59 Å². The number of H-pyrrole nitrogens is 1. The molecule has 0 fully saturated rings. The van der Waals surface area contributed by atoms with Crippen LogP contribution in [0.2, 0.25) is 10.0 Å². The van der Waals surface area contributed by atoms with Gasteiger partial charge < -0.3 is 16.0 Å². The third-order valence-corrected chi connectivity index (χ3v) is 4.03. The number of halogens is 2. The van der Waals surface area contributed by atoms with Gasteiger partial charge in [0.1, 0.15) is 5.82 Å². The standard InChI is InChI=1S/C13H12Cl2N4O2S/c14-8-2-1-7(9(15)3-8)5-17-12(21)6-22-13-18-10(16)4-11(20)19-13/h1-4H,5-6H2,(H,17,21)(H3,16,18,19,20). The summed E-state index contributed by atoms with van der Waals surface area (Å²) in [7, 11) is 0. The van der Waals surface area contributed by atoms with Crippen molar-refractivity contribution in [2.75, 3.05) is 11.5 Å². The van der Waals surface area contributed by atoms with Gasteiger partial charge in [-0.25, -0.2) is 4.98 Å². The number of anilines is 1. The molecule has 6 nitrogen and oxygen atoms in total. The van der Waals surface area contributed by atoms with E-state index in [1.54, 1.807) is 18.2 Å². The van der Waals surface area contributed by atoms with E-state index in [2.05, 4.69) is 15.3 Å². The van der Waals surface area contributed by atoms with Gasteiger partial charge in [0.05, 0.1) is 5.75 Å². The van der Waals surface area contributed by atoms with Gasteiger partial charge in [-0.05, 0) is 17.7 Å². The fourth-order valence-electron chi connectivity index (χ4n) is 1.57. The summed E-state index contributed by atoms with van der Waals surface area (Å²) in [5, 5.41) is 4.04. The number of hydrogen-bond acceptors (Lipinski definition) is 5. The number of aromatic nitrogens is 2. The highest BCUT2D eigenvalue weighted by Gasteiger charge is 2.07. The number of thioether (sulfide) groups is 1. The van der Waals surface area contributed by atoms with E-state index in [-0.39, 0.29) is 29.6 Å². The van der Waals surface area contributed by atoms with E-state index in [0.717, 1.165) is 17.3 Å². The minimum absolute atomic E-state index is 0.0948. The normalized spacial score (nSPS) is 10.5. The number of nitrogens with two attached hydrogens (primary N) is 1. The van der Waals surface area contributed by atoms with Crippen molar-refractivity contribution in [3.05, 3.63) is 50.2 Å². The summed E-state index contributed by atoms with van der Waals surface area (Å²) in [6, 6.07) is 6.23. The van der Waals surface area contributed by atoms with E-state index in [1.807, 2.05) is 0 Å². The van der Waals surface area contributed by atoms with Crippen molar-refractivity contribution in [1.29, 1.82) is 0 Å². The van der Waals surface area contributed by atoms with Crippen molar-refractivity contribution in [2.24, 2.45) is 0 Å². The first kappa shape index (κ1) is 16.7. The van der Waals surface area contributed by atoms with Crippen LogP contribution in [-0.2, 0) is 11.3 Å². The SMILES string of the molecule is Nc1cc(=O)[nH]c(SCC(=O)NCc2ccc(Cl)cc2Cl)n1. The molecule has 9 heteroatoms. The Morgan fingerprint density at radius 2 is 2.14 bits per heavy atom. The summed E-state index contributed by atoms with van der Waals surface area (Å²) in [5.41, 5.74) is 5.86. The van der Waals surface area contributed by atoms with Crippen molar-refractivity contribution in [3.63, 3.8) is 0 Å². The summed E-state index contributed by atoms with van der Waals surface area (Å²) in [6.07, 6.45) is 0. The molecule has 0 spiro atoms. The van der Waals surface area contributed by atoms with Crippen LogP contribution >= 0.6 is 35.0 Å². The first-order chi connectivity index (χ1) is 10.4. The largest absolute Gasteiger partial charge is 0.383 e. The Balaban J connectivity index is 1.86. The molecule has 22 heavy (non-hydrogen) atoms. The van der Waals surface area contributed by atoms with E-state index >= 15 is 0 Å². The molecule has 0 radical (unpaired) electrons. The Kier molecular flexibility index (Phi) is 5.70. The fraction of sp³-hybridized carbons (Fsp3) is 0.154. The number of nitrogens with one attached hydrogen (secondary N) is 2. The summed E-state index contributed by atoms with van der Waals surface area (Å²) >= 11 is 12.9. The number of nitrogens with zero attached hydrogens (tertiary/aromatic N) is 1. The van der Waals surface area contributed by atoms with Crippen LogP contribution in [0.25, 0.3) is 0 Å². The van der Waals surface area contributed by atoms with E-state index in [1.165, 1.54) is 6.07 Å². The Labute approximate surface area is 140 Å². The predicted molar refractivity (Wildman–Crippen MR) is 88.3 cm³/mol. The van der Waals surface area contributed by atoms with Gasteiger partial charge in [-0.15, -0.1) is 0 Å². The van der Waals surface area contributed by atoms with Crippen molar-refractivity contribution in [1.82, 2.24) is 15.3 Å². The maximum Gasteiger partial charge on any atom is 0.253 e. The summed E-state index contributed by atoms with van der Waals surface area (Å²) < 4.78 is 0. The molecule has 0 atom stereocenters. The molecule has 2 aromatic rings. The van der Waals surface area contributed by atoms with Gasteiger partial charge in [-0.1, -0.05) is 41.0 Å². The molecule has 1 aromatic carbocycles. The number of amides is 1. The van der Waals surface area contributed by atoms with Gasteiger partial charge in [-0.2, -0.15) is 0 Å². The second-order valence-corrected chi connectivity index (χ2v) is 6.08. The average molecular weight is 359 g/mol. The van der Waals surface area contributed by atoms with Crippen LogP contribution in [0.1, 0.15) is 5.56 Å². The number of nitrogen functional groups attached to an aromatic ring is 1. The van der Waals surface area contributed by atoms with Crippen LogP contribution < -0.4 is 16.6 Å². The molecule has 0 aliphatic rings. The molecular weight excluding hydrogens is 347 g/mol. The smallest absolute Gasteiger partial charge is 0.253 e. The molecule has 2 rings (SSSR count). The van der Waals surface area contributed by atoms with Crippen molar-refractivity contribution in [3.8, 4) is 0 Å². The Hall–Kier alpha value is -1.70. The minimum atomic E-state index is -0.358. The van der Waals surface area contributed by atoms with Gasteiger partial charge in [0, 0.05) is 22.7 Å². The van der Waals surface area contributed by atoms with Crippen LogP contribution in [0.15, 0.2) is 34.2 Å². The molecular formula is C13H12Cl2N4O2S. The molecule has 1 amide bonds. The van der Waals surface area contributed by atoms with Crippen LogP contribution in [0.5, 0.6) is 0 Å². The number of carbonyl (C=O) groups is 1. The van der Waals surface area contributed by atoms with E-state index < -0.39 is 0 Å². The predicted octanol–water partition coefficient (Wildman–Crippen LogP) is 2.07. The van der Waals surface area contributed by atoms with E-state index in [9.17, 15) is 9.59 Å². The molecule has 0 saturated carbocycles. The lowest BCUT2D eigenvalue weighted by Crippen LogP contribution is -2.25. The second-order valence-electron chi connectivity index (χ2n) is 4.28. The molecule has 1 aromatic heterocycles. The quantitative estimate of drug-likeness (QED) is 0.560. The highest BCUT2D eigenvalue weighted by Crippen LogP contribution is 2.20. The third-order valence-electron chi connectivity index (χ3n) is 2.57. The van der Waals surface area contributed by atoms with Gasteiger partial charge >= 0.3 is 0 Å². The van der Waals surface area contributed by atoms with E-state index in [4.69, 9.17) is 28.9 Å². The lowest BCUT2D eigenvalue weighted by molar-refractivity contribution is -0.118. The van der Waals surface area contributed by atoms with Gasteiger partial charge in [0.2, 0.25) is 5.91 Å². The zero-order valence-corrected chi connectivity index (χ0v) is 13.6. The first-order valence-corrected chi connectivity index (χ1v) is 7.88. The molecule has 116 valence electrons. The molecule has 0 bridgehead atoms. The van der Waals surface area contributed by atoms with Crippen LogP contribution in [0, 0.1) is 0 Å². The highest BCUT2D eigenvalue weighted by molar-refractivity contribution is 7.99. The molecule has 1 heterocycles. The third kappa shape index (κ3) is 4.94. The summed E-state index contributed by atoms with van der Waals surface area (Å²) in [5.74, 6) is -0.0156. The van der Waals surface area contributed by atoms with Crippen LogP contribution in [0.3, 0.4) is 0 Å². The summed E-state index contributed by atoms with van der Waals surface area (Å²) in [6.45, 7) is 0.288. The topological polar surface area (TPSA) is 101 Å². The van der Waals surface area contributed by atoms with Crippen LogP contribution in [0.4, 0.5) is 5.82 Å². The average Bonchev–Trinajstić information content (AvgIpc) is 2.43. The molecule has 0 aliphatic carbocycles. The maximum atomic E-state index is 11.8. The molecule has 4 N–H and O–H groups in total. The van der Waals surface area contributed by atoms with Crippen LogP contribution in [-0.4, -0.2) is 21.6 Å². The zero-order chi connectivity index (χ0) is 16.1. The highest BCUT2D eigenvalue weighted by atomic mass is 35.5. The number of benzene rings is 1. The van der Waals surface area contributed by atoms with Gasteiger partial charge in [0.15, 0.2) is 5.16 Å². The molecule has 0 saturated heterocycles. The second kappa shape index (κ2) is 7.53. The molecule has 0 unspecified atom stereocenters. The number of aromatic amines is 1. The minimum Gasteiger partial charge on any atom is -0.383 e. The number of rotatable bonds is 5. The van der Waals surface area contributed by atoms with Crippen molar-refractivity contribution < 1.29 is 4.79 Å². The monoisotopic (exact) mass is 358 g/mol. The maximum absolute atomic E-state index is 11.8. The van der Waals surface area contributed by atoms with Gasteiger partial charge in [0.25, 0.3) is 5.56 Å². The molecule has 0 aliphatic heterocycles. The Bertz CT molecular complexity index is 751. The number of hydrogen-bond donors (Lipinski definition) is 3. The lowest BCUT2D eigenvalue weighted by atomic mass is 10.2. The van der Waals surface area contributed by atoms with Crippen molar-refractivity contribution in [2.45, 2.75) is 11.7 Å². The van der Waals surface area contributed by atoms with E-state index in [0.29, 0.717) is 15.2 Å².